The second kappa shape index (κ2) is 18.2. The number of phenolic OH excluding ortho intramolecular Hbond substituents is 1. The Morgan fingerprint density at radius 3 is 2.18 bits per heavy atom. The molecule has 16 nitrogen and oxygen atoms in total. The molecule has 1 saturated heterocycles. The minimum atomic E-state index is -1.41. The molecule has 16 heteroatoms. The van der Waals surface area contributed by atoms with E-state index in [1.165, 1.54) is 17.0 Å². The summed E-state index contributed by atoms with van der Waals surface area (Å²) >= 11 is 0. The minimum absolute atomic E-state index is 0.0234. The summed E-state index contributed by atoms with van der Waals surface area (Å²) in [5.74, 6) is -4.72. The topological polar surface area (TPSA) is 246 Å². The van der Waals surface area contributed by atoms with Crippen molar-refractivity contribution in [3.05, 3.63) is 40.3 Å². The zero-order chi connectivity index (χ0) is 37.1. The summed E-state index contributed by atoms with van der Waals surface area (Å²) in [5, 5.41) is 20.5. The Balaban J connectivity index is 2.26. The van der Waals surface area contributed by atoms with Gasteiger partial charge in [0, 0.05) is 11.5 Å². The lowest BCUT2D eigenvalue weighted by Gasteiger charge is -2.31. The van der Waals surface area contributed by atoms with Gasteiger partial charge in [0.05, 0.1) is 18.5 Å². The number of ether oxygens (including phenoxy) is 1. The number of rotatable bonds is 15. The van der Waals surface area contributed by atoms with Gasteiger partial charge in [0.2, 0.25) is 29.5 Å². The SMILES string of the molecule is CC(C)C[C@H](NC(=O)[C@H](NC(=O)[C@@H]1CCCN1C(=O)[C@@H](CC(=O)OC(C)(C)C)NC(=O)[C@H](N)Cc1ccc(O)cc1)C(C)C)C(=O)N=[N+]=[N-]. The second-order valence-electron chi connectivity index (χ2n) is 14.0. The van der Waals surface area contributed by atoms with Crippen molar-refractivity contribution >= 4 is 35.5 Å². The molecule has 1 heterocycles. The number of azide groups is 1. The molecule has 2 rings (SSSR count). The highest BCUT2D eigenvalue weighted by Gasteiger charge is 2.41. The normalized spacial score (nSPS) is 16.9. The van der Waals surface area contributed by atoms with Crippen molar-refractivity contribution in [2.45, 2.75) is 116 Å². The van der Waals surface area contributed by atoms with Gasteiger partial charge in [0.25, 0.3) is 0 Å². The molecule has 0 unspecified atom stereocenters. The van der Waals surface area contributed by atoms with Gasteiger partial charge in [-0.15, -0.1) is 0 Å². The molecule has 49 heavy (non-hydrogen) atoms. The molecule has 0 spiro atoms. The molecule has 0 aliphatic carbocycles. The van der Waals surface area contributed by atoms with Crippen LogP contribution in [0.5, 0.6) is 5.75 Å². The van der Waals surface area contributed by atoms with E-state index >= 15 is 0 Å². The fourth-order valence-corrected chi connectivity index (χ4v) is 5.36. The quantitative estimate of drug-likeness (QED) is 0.0782. The average molecular weight is 687 g/mol. The van der Waals surface area contributed by atoms with Crippen LogP contribution in [0.1, 0.15) is 79.7 Å². The Morgan fingerprint density at radius 2 is 1.63 bits per heavy atom. The number of carbonyl (C=O) groups excluding carboxylic acids is 6. The van der Waals surface area contributed by atoms with E-state index in [4.69, 9.17) is 16.0 Å². The molecule has 5 amide bonds. The molecular formula is C33H50N8O8. The smallest absolute Gasteiger partial charge is 0.308 e. The largest absolute Gasteiger partial charge is 0.508 e. The van der Waals surface area contributed by atoms with E-state index in [1.807, 2.05) is 13.8 Å². The number of phenols is 1. The molecule has 1 aromatic rings. The van der Waals surface area contributed by atoms with Crippen molar-refractivity contribution < 1.29 is 38.6 Å². The summed E-state index contributed by atoms with van der Waals surface area (Å²) in [5.41, 5.74) is 14.6. The number of amides is 5. The van der Waals surface area contributed by atoms with Crippen LogP contribution < -0.4 is 21.7 Å². The molecule has 1 aliphatic heterocycles. The van der Waals surface area contributed by atoms with Gasteiger partial charge in [-0.3, -0.25) is 28.8 Å². The molecule has 5 atom stereocenters. The number of nitrogens with one attached hydrogen (secondary N) is 3. The molecule has 1 aromatic carbocycles. The van der Waals surface area contributed by atoms with Crippen molar-refractivity contribution in [1.82, 2.24) is 20.9 Å². The first-order valence-electron chi connectivity index (χ1n) is 16.4. The van der Waals surface area contributed by atoms with Crippen LogP contribution in [0, 0.1) is 11.8 Å². The fraction of sp³-hybridized carbons (Fsp3) is 0.636. The van der Waals surface area contributed by atoms with E-state index in [2.05, 4.69) is 26.0 Å². The molecular weight excluding hydrogens is 636 g/mol. The average Bonchev–Trinajstić information content (AvgIpc) is 3.48. The van der Waals surface area contributed by atoms with Crippen LogP contribution in [-0.4, -0.2) is 87.9 Å². The highest BCUT2D eigenvalue weighted by atomic mass is 16.6. The van der Waals surface area contributed by atoms with Crippen LogP contribution in [0.25, 0.3) is 10.4 Å². The van der Waals surface area contributed by atoms with Crippen LogP contribution in [0.4, 0.5) is 0 Å². The maximum Gasteiger partial charge on any atom is 0.308 e. The first-order valence-corrected chi connectivity index (χ1v) is 16.4. The van der Waals surface area contributed by atoms with E-state index < -0.39 is 83.7 Å². The Bertz CT molecular complexity index is 1400. The van der Waals surface area contributed by atoms with Crippen molar-refractivity contribution in [3.8, 4) is 5.75 Å². The predicted octanol–water partition coefficient (Wildman–Crippen LogP) is 1.98. The molecule has 270 valence electrons. The number of likely N-dealkylation sites (tertiary alicyclic amines) is 1. The van der Waals surface area contributed by atoms with Crippen LogP contribution in [0.15, 0.2) is 29.4 Å². The van der Waals surface area contributed by atoms with Gasteiger partial charge in [-0.05, 0) is 86.6 Å². The number of carbonyl (C=O) groups is 6. The van der Waals surface area contributed by atoms with Gasteiger partial charge in [-0.25, -0.2) is 0 Å². The van der Waals surface area contributed by atoms with Gasteiger partial charge >= 0.3 is 5.97 Å². The molecule has 1 fully saturated rings. The number of esters is 1. The zero-order valence-electron chi connectivity index (χ0n) is 29.3. The Hall–Kier alpha value is -4.69. The van der Waals surface area contributed by atoms with Crippen molar-refractivity contribution in [3.63, 3.8) is 0 Å². The number of hydrogen-bond acceptors (Lipinski definition) is 9. The summed E-state index contributed by atoms with van der Waals surface area (Å²) in [7, 11) is 0. The van der Waals surface area contributed by atoms with E-state index in [-0.39, 0.29) is 37.5 Å². The molecule has 0 saturated carbocycles. The highest BCUT2D eigenvalue weighted by molar-refractivity contribution is 5.97. The third-order valence-electron chi connectivity index (χ3n) is 7.68. The molecule has 0 aromatic heterocycles. The van der Waals surface area contributed by atoms with Gasteiger partial charge in [-0.2, -0.15) is 0 Å². The summed E-state index contributed by atoms with van der Waals surface area (Å²) < 4.78 is 5.41. The summed E-state index contributed by atoms with van der Waals surface area (Å²) in [4.78, 5) is 83.1. The van der Waals surface area contributed by atoms with Gasteiger partial charge < -0.3 is 36.4 Å². The third-order valence-corrected chi connectivity index (χ3v) is 7.68. The molecule has 1 aliphatic rings. The van der Waals surface area contributed by atoms with Gasteiger partial charge in [-0.1, -0.05) is 39.8 Å². The lowest BCUT2D eigenvalue weighted by molar-refractivity contribution is -0.157. The van der Waals surface area contributed by atoms with Gasteiger partial charge in [0.1, 0.15) is 29.5 Å². The Labute approximate surface area is 286 Å². The summed E-state index contributed by atoms with van der Waals surface area (Å²) in [6, 6.07) is 0.376. The van der Waals surface area contributed by atoms with Crippen LogP contribution >= 0.6 is 0 Å². The lowest BCUT2D eigenvalue weighted by atomic mass is 9.99. The van der Waals surface area contributed by atoms with E-state index in [0.29, 0.717) is 12.0 Å². The van der Waals surface area contributed by atoms with E-state index in [0.717, 1.165) is 0 Å². The fourth-order valence-electron chi connectivity index (χ4n) is 5.36. The zero-order valence-corrected chi connectivity index (χ0v) is 29.3. The molecule has 0 radical (unpaired) electrons. The second-order valence-corrected chi connectivity index (χ2v) is 14.0. The monoisotopic (exact) mass is 686 g/mol. The summed E-state index contributed by atoms with van der Waals surface area (Å²) in [6.07, 6.45) is 0.456. The molecule has 0 bridgehead atoms. The van der Waals surface area contributed by atoms with E-state index in [1.54, 1.807) is 46.8 Å². The minimum Gasteiger partial charge on any atom is -0.508 e. The maximum absolute atomic E-state index is 14.0. The van der Waals surface area contributed by atoms with Crippen molar-refractivity contribution in [2.24, 2.45) is 22.7 Å². The maximum atomic E-state index is 14.0. The first-order chi connectivity index (χ1) is 22.8. The van der Waals surface area contributed by atoms with E-state index in [9.17, 15) is 33.9 Å². The van der Waals surface area contributed by atoms with Crippen LogP contribution in [0.3, 0.4) is 0 Å². The standard InChI is InChI=1S/C33H50N8O8/c1-18(2)15-23(29(45)39-40-35)36-31(47)27(19(3)4)38-30(46)25-9-8-14-41(25)32(48)24(17-26(43)49-33(5,6)7)37-28(44)22(34)16-20-10-12-21(42)13-11-20/h10-13,18-19,22-25,27,42H,8-9,14-17,34H2,1-7H3,(H,36,47)(H,37,44)(H,38,46)/t22-,23+,24-,25+,27-/m1/s1. The Morgan fingerprint density at radius 1 is 1.02 bits per heavy atom. The number of hydrogen-bond donors (Lipinski definition) is 5. The van der Waals surface area contributed by atoms with Gasteiger partial charge in [0.15, 0.2) is 0 Å². The number of aromatic hydroxyl groups is 1. The van der Waals surface area contributed by atoms with Crippen LogP contribution in [0.2, 0.25) is 0 Å². The third kappa shape index (κ3) is 13.0. The summed E-state index contributed by atoms with van der Waals surface area (Å²) in [6.45, 7) is 12.2. The Kier molecular flexibility index (Phi) is 15.0. The molecule has 6 N–H and O–H groups in total. The van der Waals surface area contributed by atoms with Crippen LogP contribution in [-0.2, 0) is 39.9 Å². The highest BCUT2D eigenvalue weighted by Crippen LogP contribution is 2.21. The lowest BCUT2D eigenvalue weighted by Crippen LogP contribution is -2.59. The first kappa shape index (κ1) is 40.5. The number of nitrogens with zero attached hydrogens (tertiary/aromatic N) is 4. The number of benzene rings is 1. The predicted molar refractivity (Wildman–Crippen MR) is 179 cm³/mol. The number of nitrogens with two attached hydrogens (primary N) is 1. The van der Waals surface area contributed by atoms with Crippen molar-refractivity contribution in [1.29, 1.82) is 0 Å². The van der Waals surface area contributed by atoms with Crippen molar-refractivity contribution in [2.75, 3.05) is 6.54 Å².